The quantitative estimate of drug-likeness (QED) is 0.933. The van der Waals surface area contributed by atoms with Crippen LogP contribution in [0.1, 0.15) is 18.9 Å². The standard InChI is InChI=1S/C15H16O3S/c1-2-3-12-4-8-14(9-5-12)19(17,18)15-10-6-13(16)7-11-15/h4-11,16H,2-3H2,1H3. The predicted molar refractivity (Wildman–Crippen MR) is 74.0 cm³/mol. The zero-order chi connectivity index (χ0) is 13.9. The second-order valence-corrected chi connectivity index (χ2v) is 6.34. The molecule has 0 saturated carbocycles. The van der Waals surface area contributed by atoms with Gasteiger partial charge in [0.05, 0.1) is 9.79 Å². The third-order valence-electron chi connectivity index (χ3n) is 2.92. The fraction of sp³-hybridized carbons (Fsp3) is 0.200. The molecule has 0 aliphatic rings. The van der Waals surface area contributed by atoms with E-state index in [0.717, 1.165) is 18.4 Å². The average molecular weight is 276 g/mol. The van der Waals surface area contributed by atoms with Crippen LogP contribution in [0.4, 0.5) is 0 Å². The number of rotatable bonds is 4. The van der Waals surface area contributed by atoms with Gasteiger partial charge in [-0.15, -0.1) is 0 Å². The SMILES string of the molecule is CCCc1ccc(S(=O)(=O)c2ccc(O)cc2)cc1. The van der Waals surface area contributed by atoms with Crippen molar-refractivity contribution in [3.05, 3.63) is 54.1 Å². The van der Waals surface area contributed by atoms with Crippen molar-refractivity contribution in [1.29, 1.82) is 0 Å². The van der Waals surface area contributed by atoms with Gasteiger partial charge >= 0.3 is 0 Å². The lowest BCUT2D eigenvalue weighted by atomic mass is 10.1. The minimum absolute atomic E-state index is 0.0530. The summed E-state index contributed by atoms with van der Waals surface area (Å²) in [6, 6.07) is 12.5. The van der Waals surface area contributed by atoms with Crippen LogP contribution in [0.2, 0.25) is 0 Å². The normalized spacial score (nSPS) is 11.4. The molecule has 0 heterocycles. The number of sulfone groups is 1. The van der Waals surface area contributed by atoms with Gasteiger partial charge in [-0.25, -0.2) is 8.42 Å². The van der Waals surface area contributed by atoms with E-state index in [1.54, 1.807) is 12.1 Å². The van der Waals surface area contributed by atoms with Crippen LogP contribution in [-0.2, 0) is 16.3 Å². The van der Waals surface area contributed by atoms with Gasteiger partial charge in [0.1, 0.15) is 5.75 Å². The second kappa shape index (κ2) is 5.45. The van der Waals surface area contributed by atoms with Crippen molar-refractivity contribution >= 4 is 9.84 Å². The maximum atomic E-state index is 12.3. The molecule has 0 bridgehead atoms. The van der Waals surface area contributed by atoms with E-state index in [0.29, 0.717) is 0 Å². The molecule has 4 heteroatoms. The van der Waals surface area contributed by atoms with Crippen LogP contribution in [0.5, 0.6) is 5.75 Å². The Balaban J connectivity index is 2.36. The van der Waals surface area contributed by atoms with Crippen LogP contribution < -0.4 is 0 Å². The Hall–Kier alpha value is -1.81. The largest absolute Gasteiger partial charge is 0.508 e. The number of benzene rings is 2. The molecule has 0 radical (unpaired) electrons. The molecule has 3 nitrogen and oxygen atoms in total. The van der Waals surface area contributed by atoms with E-state index < -0.39 is 9.84 Å². The number of phenols is 1. The predicted octanol–water partition coefficient (Wildman–Crippen LogP) is 3.18. The Bertz CT molecular complexity index is 641. The molecule has 2 aromatic carbocycles. The fourth-order valence-corrected chi connectivity index (χ4v) is 3.15. The summed E-state index contributed by atoms with van der Waals surface area (Å²) in [5.74, 6) is 0.0530. The van der Waals surface area contributed by atoms with Gasteiger partial charge in [-0.05, 0) is 48.4 Å². The van der Waals surface area contributed by atoms with Crippen molar-refractivity contribution in [2.75, 3.05) is 0 Å². The van der Waals surface area contributed by atoms with Crippen molar-refractivity contribution in [3.8, 4) is 5.75 Å². The summed E-state index contributed by atoms with van der Waals surface area (Å²) in [6.45, 7) is 2.08. The molecule has 0 atom stereocenters. The van der Waals surface area contributed by atoms with Gasteiger partial charge in [0, 0.05) is 0 Å². The highest BCUT2D eigenvalue weighted by Crippen LogP contribution is 2.23. The minimum Gasteiger partial charge on any atom is -0.508 e. The van der Waals surface area contributed by atoms with E-state index >= 15 is 0 Å². The van der Waals surface area contributed by atoms with Gasteiger partial charge in [-0.1, -0.05) is 25.5 Å². The first-order chi connectivity index (χ1) is 9.04. The molecule has 2 rings (SSSR count). The Kier molecular flexibility index (Phi) is 3.90. The Morgan fingerprint density at radius 3 is 1.84 bits per heavy atom. The maximum Gasteiger partial charge on any atom is 0.206 e. The second-order valence-electron chi connectivity index (χ2n) is 4.39. The van der Waals surface area contributed by atoms with Gasteiger partial charge in [-0.2, -0.15) is 0 Å². The molecule has 0 aromatic heterocycles. The fourth-order valence-electron chi connectivity index (χ4n) is 1.89. The van der Waals surface area contributed by atoms with Gasteiger partial charge in [0.2, 0.25) is 9.84 Å². The summed E-state index contributed by atoms with van der Waals surface area (Å²) >= 11 is 0. The summed E-state index contributed by atoms with van der Waals surface area (Å²) in [5.41, 5.74) is 1.13. The first-order valence-electron chi connectivity index (χ1n) is 6.17. The van der Waals surface area contributed by atoms with E-state index in [1.807, 2.05) is 12.1 Å². The lowest BCUT2D eigenvalue weighted by Crippen LogP contribution is -2.01. The molecule has 100 valence electrons. The van der Waals surface area contributed by atoms with Crippen LogP contribution in [0.3, 0.4) is 0 Å². The van der Waals surface area contributed by atoms with Crippen molar-refractivity contribution in [2.45, 2.75) is 29.6 Å². The number of aromatic hydroxyl groups is 1. The van der Waals surface area contributed by atoms with Crippen LogP contribution in [0.25, 0.3) is 0 Å². The minimum atomic E-state index is -3.50. The zero-order valence-electron chi connectivity index (χ0n) is 10.7. The molecule has 19 heavy (non-hydrogen) atoms. The lowest BCUT2D eigenvalue weighted by molar-refractivity contribution is 0.475. The highest BCUT2D eigenvalue weighted by atomic mass is 32.2. The van der Waals surface area contributed by atoms with Crippen LogP contribution in [0, 0.1) is 0 Å². The van der Waals surface area contributed by atoms with E-state index in [4.69, 9.17) is 0 Å². The number of phenolic OH excluding ortho intramolecular Hbond substituents is 1. The molecule has 1 N–H and O–H groups in total. The van der Waals surface area contributed by atoms with E-state index in [1.165, 1.54) is 24.3 Å². The molecule has 0 unspecified atom stereocenters. The molecule has 2 aromatic rings. The van der Waals surface area contributed by atoms with Gasteiger partial charge < -0.3 is 5.11 Å². The van der Waals surface area contributed by atoms with Crippen molar-refractivity contribution in [1.82, 2.24) is 0 Å². The molecule has 0 aliphatic heterocycles. The van der Waals surface area contributed by atoms with Crippen molar-refractivity contribution in [3.63, 3.8) is 0 Å². The van der Waals surface area contributed by atoms with E-state index in [2.05, 4.69) is 6.92 Å². The molecule has 0 saturated heterocycles. The van der Waals surface area contributed by atoms with Crippen LogP contribution in [0.15, 0.2) is 58.3 Å². The van der Waals surface area contributed by atoms with Gasteiger partial charge in [0.25, 0.3) is 0 Å². The summed E-state index contributed by atoms with van der Waals surface area (Å²) < 4.78 is 24.7. The van der Waals surface area contributed by atoms with Crippen LogP contribution >= 0.6 is 0 Å². The van der Waals surface area contributed by atoms with Gasteiger partial charge in [-0.3, -0.25) is 0 Å². The summed E-state index contributed by atoms with van der Waals surface area (Å²) in [7, 11) is -3.50. The topological polar surface area (TPSA) is 54.4 Å². The Morgan fingerprint density at radius 1 is 0.895 bits per heavy atom. The zero-order valence-corrected chi connectivity index (χ0v) is 11.5. The third kappa shape index (κ3) is 2.96. The summed E-state index contributed by atoms with van der Waals surface area (Å²) in [6.07, 6.45) is 1.98. The monoisotopic (exact) mass is 276 g/mol. The molecule has 0 amide bonds. The van der Waals surface area contributed by atoms with Crippen molar-refractivity contribution < 1.29 is 13.5 Å². The first kappa shape index (κ1) is 13.6. The van der Waals surface area contributed by atoms with Crippen molar-refractivity contribution in [2.24, 2.45) is 0 Å². The third-order valence-corrected chi connectivity index (χ3v) is 4.70. The molecule has 0 fully saturated rings. The lowest BCUT2D eigenvalue weighted by Gasteiger charge is -2.06. The number of hydrogen-bond donors (Lipinski definition) is 1. The first-order valence-corrected chi connectivity index (χ1v) is 7.65. The van der Waals surface area contributed by atoms with E-state index in [9.17, 15) is 13.5 Å². The maximum absolute atomic E-state index is 12.3. The van der Waals surface area contributed by atoms with Gasteiger partial charge in [0.15, 0.2) is 0 Å². The molecular formula is C15H16O3S. The van der Waals surface area contributed by atoms with E-state index in [-0.39, 0.29) is 15.5 Å². The number of hydrogen-bond acceptors (Lipinski definition) is 3. The number of aryl methyl sites for hydroxylation is 1. The average Bonchev–Trinajstić information content (AvgIpc) is 2.40. The van der Waals surface area contributed by atoms with Crippen LogP contribution in [-0.4, -0.2) is 13.5 Å². The smallest absolute Gasteiger partial charge is 0.206 e. The molecule has 0 aliphatic carbocycles. The highest BCUT2D eigenvalue weighted by Gasteiger charge is 2.17. The Labute approximate surface area is 113 Å². The molecule has 0 spiro atoms. The summed E-state index contributed by atoms with van der Waals surface area (Å²) in [4.78, 5) is 0.464. The molecular weight excluding hydrogens is 260 g/mol. The Morgan fingerprint density at radius 2 is 1.37 bits per heavy atom. The highest BCUT2D eigenvalue weighted by molar-refractivity contribution is 7.91. The summed E-state index contributed by atoms with van der Waals surface area (Å²) in [5, 5.41) is 9.19.